The summed E-state index contributed by atoms with van der Waals surface area (Å²) in [6.07, 6.45) is 0. The largest absolute Gasteiger partial charge is 0.462 e. The van der Waals surface area contributed by atoms with Crippen LogP contribution in [0.1, 0.15) is 11.1 Å². The molecule has 19 heavy (non-hydrogen) atoms. The molecule has 2 aliphatic heterocycles. The molecule has 0 saturated heterocycles. The number of hydrazine groups is 1. The van der Waals surface area contributed by atoms with E-state index in [9.17, 15) is 0 Å². The minimum absolute atomic E-state index is 0.645. The second-order valence-corrected chi connectivity index (χ2v) is 4.94. The Labute approximate surface area is 111 Å². The zero-order valence-corrected chi connectivity index (χ0v) is 10.6. The van der Waals surface area contributed by atoms with E-state index in [0.29, 0.717) is 12.6 Å². The van der Waals surface area contributed by atoms with Crippen LogP contribution in [0.4, 0.5) is 0 Å². The van der Waals surface area contributed by atoms with Gasteiger partial charge in [0.25, 0.3) is 6.02 Å². The van der Waals surface area contributed by atoms with Crippen LogP contribution in [-0.4, -0.2) is 24.2 Å². The Morgan fingerprint density at radius 2 is 1.79 bits per heavy atom. The maximum absolute atomic E-state index is 5.41. The molecule has 4 heteroatoms. The van der Waals surface area contributed by atoms with Gasteiger partial charge in [0, 0.05) is 13.1 Å². The van der Waals surface area contributed by atoms with E-state index >= 15 is 0 Å². The minimum atomic E-state index is 0.645. The molecule has 0 fully saturated rings. The smallest absolute Gasteiger partial charge is 0.299 e. The summed E-state index contributed by atoms with van der Waals surface area (Å²) in [5.74, 6) is 0. The molecular weight excluding hydrogens is 238 g/mol. The fourth-order valence-electron chi connectivity index (χ4n) is 2.85. The van der Waals surface area contributed by atoms with Crippen molar-refractivity contribution in [3.8, 4) is 0 Å². The highest BCUT2D eigenvalue weighted by atomic mass is 16.5. The summed E-state index contributed by atoms with van der Waals surface area (Å²) in [5, 5.41) is 4.88. The van der Waals surface area contributed by atoms with Crippen molar-refractivity contribution in [2.75, 3.05) is 13.2 Å². The maximum atomic E-state index is 5.41. The molecule has 0 saturated carbocycles. The molecule has 2 aliphatic rings. The zero-order chi connectivity index (χ0) is 12.7. The van der Waals surface area contributed by atoms with E-state index in [0.717, 1.165) is 19.6 Å². The Morgan fingerprint density at radius 1 is 1.05 bits per heavy atom. The van der Waals surface area contributed by atoms with Crippen LogP contribution in [0.5, 0.6) is 0 Å². The van der Waals surface area contributed by atoms with Gasteiger partial charge in [-0.15, -0.1) is 0 Å². The fraction of sp³-hybridized carbons (Fsp3) is 0.267. The number of aliphatic imine (C=N–C) groups is 1. The maximum Gasteiger partial charge on any atom is 0.299 e. The van der Waals surface area contributed by atoms with E-state index in [1.165, 1.54) is 21.9 Å². The van der Waals surface area contributed by atoms with Crippen molar-refractivity contribution in [3.05, 3.63) is 47.5 Å². The van der Waals surface area contributed by atoms with Gasteiger partial charge in [-0.2, -0.15) is 0 Å². The Balaban J connectivity index is 1.68. The van der Waals surface area contributed by atoms with Crippen molar-refractivity contribution in [2.45, 2.75) is 13.1 Å². The van der Waals surface area contributed by atoms with Gasteiger partial charge >= 0.3 is 0 Å². The number of nitrogens with one attached hydrogen (secondary N) is 1. The molecule has 0 radical (unpaired) electrons. The predicted molar refractivity (Wildman–Crippen MR) is 74.6 cm³/mol. The van der Waals surface area contributed by atoms with Crippen LogP contribution < -0.4 is 5.43 Å². The van der Waals surface area contributed by atoms with Crippen molar-refractivity contribution in [1.29, 1.82) is 0 Å². The first-order valence-electron chi connectivity index (χ1n) is 6.58. The summed E-state index contributed by atoms with van der Waals surface area (Å²) >= 11 is 0. The Morgan fingerprint density at radius 3 is 2.42 bits per heavy atom. The van der Waals surface area contributed by atoms with Gasteiger partial charge in [0.2, 0.25) is 0 Å². The first-order chi connectivity index (χ1) is 9.40. The van der Waals surface area contributed by atoms with Crippen LogP contribution in [0.3, 0.4) is 0 Å². The first kappa shape index (κ1) is 10.8. The quantitative estimate of drug-likeness (QED) is 0.845. The average Bonchev–Trinajstić information content (AvgIpc) is 2.92. The summed E-state index contributed by atoms with van der Waals surface area (Å²) in [5.41, 5.74) is 5.97. The molecule has 0 aromatic heterocycles. The molecule has 0 bridgehead atoms. The topological polar surface area (TPSA) is 36.9 Å². The molecule has 96 valence electrons. The Bertz CT molecular complexity index is 625. The molecule has 0 spiro atoms. The Kier molecular flexibility index (Phi) is 2.42. The van der Waals surface area contributed by atoms with Crippen molar-refractivity contribution in [2.24, 2.45) is 4.99 Å². The number of hydrogen-bond donors (Lipinski definition) is 1. The van der Waals surface area contributed by atoms with Crippen LogP contribution in [0.2, 0.25) is 0 Å². The molecule has 0 amide bonds. The van der Waals surface area contributed by atoms with Crippen molar-refractivity contribution in [1.82, 2.24) is 10.4 Å². The molecular formula is C15H15N3O. The van der Waals surface area contributed by atoms with E-state index in [-0.39, 0.29) is 0 Å². The molecule has 4 nitrogen and oxygen atoms in total. The van der Waals surface area contributed by atoms with Crippen LogP contribution in [-0.2, 0) is 17.8 Å². The third kappa shape index (κ3) is 1.85. The molecule has 4 rings (SSSR count). The number of amidine groups is 1. The fourth-order valence-corrected chi connectivity index (χ4v) is 2.85. The molecule has 2 heterocycles. The van der Waals surface area contributed by atoms with Crippen molar-refractivity contribution in [3.63, 3.8) is 0 Å². The monoisotopic (exact) mass is 253 g/mol. The highest BCUT2D eigenvalue weighted by Gasteiger charge is 2.20. The predicted octanol–water partition coefficient (Wildman–Crippen LogP) is 2.05. The lowest BCUT2D eigenvalue weighted by Crippen LogP contribution is -2.42. The lowest BCUT2D eigenvalue weighted by molar-refractivity contribution is 0.184. The SMILES string of the molecule is c1cc2c3c(cccc3c1)CN(NC1=NCCO1)C2. The molecule has 0 atom stereocenters. The second-order valence-electron chi connectivity index (χ2n) is 4.94. The van der Waals surface area contributed by atoms with Gasteiger partial charge in [-0.25, -0.2) is 10.0 Å². The molecule has 0 unspecified atom stereocenters. The van der Waals surface area contributed by atoms with Gasteiger partial charge in [0.05, 0.1) is 6.54 Å². The summed E-state index contributed by atoms with van der Waals surface area (Å²) < 4.78 is 5.41. The van der Waals surface area contributed by atoms with Crippen LogP contribution in [0.25, 0.3) is 10.8 Å². The molecule has 2 aromatic carbocycles. The van der Waals surface area contributed by atoms with Gasteiger partial charge in [-0.05, 0) is 21.9 Å². The first-order valence-corrected chi connectivity index (χ1v) is 6.58. The van der Waals surface area contributed by atoms with Gasteiger partial charge in [0.15, 0.2) is 0 Å². The van der Waals surface area contributed by atoms with Crippen LogP contribution in [0, 0.1) is 0 Å². The van der Waals surface area contributed by atoms with Crippen molar-refractivity contribution < 1.29 is 4.74 Å². The van der Waals surface area contributed by atoms with Crippen LogP contribution >= 0.6 is 0 Å². The highest BCUT2D eigenvalue weighted by molar-refractivity contribution is 5.89. The van der Waals surface area contributed by atoms with E-state index in [2.05, 4.69) is 51.8 Å². The van der Waals surface area contributed by atoms with E-state index in [1.807, 2.05) is 0 Å². The third-order valence-electron chi connectivity index (χ3n) is 3.64. The van der Waals surface area contributed by atoms with Gasteiger partial charge in [-0.3, -0.25) is 5.43 Å². The summed E-state index contributed by atoms with van der Waals surface area (Å²) in [6, 6.07) is 13.6. The average molecular weight is 253 g/mol. The van der Waals surface area contributed by atoms with Gasteiger partial charge in [0.1, 0.15) is 6.61 Å². The lowest BCUT2D eigenvalue weighted by Gasteiger charge is -2.29. The summed E-state index contributed by atoms with van der Waals surface area (Å²) in [7, 11) is 0. The molecule has 0 aliphatic carbocycles. The number of benzene rings is 2. The van der Waals surface area contributed by atoms with Gasteiger partial charge in [-0.1, -0.05) is 36.4 Å². The number of rotatable bonds is 1. The molecule has 2 aromatic rings. The molecule has 1 N–H and O–H groups in total. The number of hydrogen-bond acceptors (Lipinski definition) is 4. The van der Waals surface area contributed by atoms with Crippen molar-refractivity contribution >= 4 is 16.8 Å². The normalized spacial score (nSPS) is 18.2. The highest BCUT2D eigenvalue weighted by Crippen LogP contribution is 2.28. The lowest BCUT2D eigenvalue weighted by atomic mass is 9.96. The van der Waals surface area contributed by atoms with E-state index < -0.39 is 0 Å². The van der Waals surface area contributed by atoms with E-state index in [4.69, 9.17) is 4.74 Å². The second kappa shape index (κ2) is 4.24. The third-order valence-corrected chi connectivity index (χ3v) is 3.64. The summed E-state index contributed by atoms with van der Waals surface area (Å²) in [6.45, 7) is 3.18. The number of nitrogens with zero attached hydrogens (tertiary/aromatic N) is 2. The Hall–Kier alpha value is -2.07. The zero-order valence-electron chi connectivity index (χ0n) is 10.6. The minimum Gasteiger partial charge on any atom is -0.462 e. The summed E-state index contributed by atoms with van der Waals surface area (Å²) in [4.78, 5) is 4.28. The van der Waals surface area contributed by atoms with Gasteiger partial charge < -0.3 is 4.74 Å². The number of ether oxygens (including phenoxy) is 1. The van der Waals surface area contributed by atoms with E-state index in [1.54, 1.807) is 0 Å². The van der Waals surface area contributed by atoms with Crippen LogP contribution in [0.15, 0.2) is 41.4 Å². The standard InChI is InChI=1S/C15H15N3O/c1-3-11-4-2-6-13-10-18(9-12(5-1)14(11)13)17-15-16-7-8-19-15/h1-6H,7-10H2,(H,16,17).